The van der Waals surface area contributed by atoms with Crippen molar-refractivity contribution in [1.29, 1.82) is 0 Å². The van der Waals surface area contributed by atoms with E-state index < -0.39 is 0 Å². The minimum atomic E-state index is -0.313. The number of nitrogens with one attached hydrogen (secondary N) is 1. The molecule has 0 radical (unpaired) electrons. The lowest BCUT2D eigenvalue weighted by Gasteiger charge is -2.31. The number of primary amides is 1. The number of nitrogens with two attached hydrogens (primary N) is 1. The molecular weight excluding hydrogens is 392 g/mol. The average molecular weight is 429 g/mol. The molecule has 1 aromatic rings. The zero-order valence-electron chi connectivity index (χ0n) is 18.8. The number of nitrogens with zero attached hydrogens (tertiary/aromatic N) is 2. The highest BCUT2D eigenvalue weighted by molar-refractivity contribution is 6.00. The molecule has 2 heterocycles. The maximum Gasteiger partial charge on any atom is 0.227 e. The average Bonchev–Trinajstić information content (AvgIpc) is 3.17. The maximum absolute atomic E-state index is 12.7. The summed E-state index contributed by atoms with van der Waals surface area (Å²) >= 11 is 0. The van der Waals surface area contributed by atoms with Gasteiger partial charge >= 0.3 is 0 Å². The zero-order chi connectivity index (χ0) is 22.4. The van der Waals surface area contributed by atoms with Crippen LogP contribution in [0.2, 0.25) is 0 Å². The molecule has 0 aromatic heterocycles. The van der Waals surface area contributed by atoms with Gasteiger partial charge in [0, 0.05) is 31.7 Å². The molecule has 31 heavy (non-hydrogen) atoms. The molecule has 0 aliphatic carbocycles. The quantitative estimate of drug-likeness (QED) is 0.590. The number of para-hydroxylation sites is 1. The highest BCUT2D eigenvalue weighted by Gasteiger charge is 2.36. The number of carbonyl (C=O) groups excluding carboxylic acids is 3. The molecule has 3 rings (SSSR count). The van der Waals surface area contributed by atoms with Crippen LogP contribution in [0, 0.1) is 11.8 Å². The van der Waals surface area contributed by atoms with E-state index in [0.717, 1.165) is 50.0 Å². The standard InChI is InChI=1S/C24H36N4O3/c1-3-17(2)20-9-4-5-10-21(20)28-16-19(14-22(28)29)24(31)26-11-7-13-27-12-6-8-18(15-27)23(25)30/h4-5,9-10,17-19H,3,6-8,11-16H2,1-2H3,(H2,25,30)(H,26,31). The van der Waals surface area contributed by atoms with Gasteiger partial charge in [-0.05, 0) is 56.3 Å². The second-order valence-corrected chi connectivity index (χ2v) is 8.96. The smallest absolute Gasteiger partial charge is 0.227 e. The first-order valence-corrected chi connectivity index (χ1v) is 11.6. The third-order valence-corrected chi connectivity index (χ3v) is 6.72. The molecule has 3 atom stereocenters. The van der Waals surface area contributed by atoms with Crippen molar-refractivity contribution < 1.29 is 14.4 Å². The summed E-state index contributed by atoms with van der Waals surface area (Å²) in [5.74, 6) is -0.264. The van der Waals surface area contributed by atoms with Crippen LogP contribution < -0.4 is 16.0 Å². The Kier molecular flexibility index (Phi) is 8.07. The summed E-state index contributed by atoms with van der Waals surface area (Å²) < 4.78 is 0. The van der Waals surface area contributed by atoms with E-state index in [2.05, 4.69) is 30.1 Å². The van der Waals surface area contributed by atoms with Crippen molar-refractivity contribution in [1.82, 2.24) is 10.2 Å². The number of rotatable bonds is 9. The first-order chi connectivity index (χ1) is 14.9. The second-order valence-electron chi connectivity index (χ2n) is 8.96. The van der Waals surface area contributed by atoms with Gasteiger partial charge in [-0.15, -0.1) is 0 Å². The highest BCUT2D eigenvalue weighted by atomic mass is 16.2. The lowest BCUT2D eigenvalue weighted by Crippen LogP contribution is -2.42. The Morgan fingerprint density at radius 3 is 2.74 bits per heavy atom. The van der Waals surface area contributed by atoms with Gasteiger partial charge in [-0.2, -0.15) is 0 Å². The number of hydrogen-bond donors (Lipinski definition) is 2. The summed E-state index contributed by atoms with van der Waals surface area (Å²) in [4.78, 5) is 40.8. The van der Waals surface area contributed by atoms with Crippen LogP contribution in [0.5, 0.6) is 0 Å². The van der Waals surface area contributed by atoms with Crippen molar-refractivity contribution in [2.75, 3.05) is 37.6 Å². The third-order valence-electron chi connectivity index (χ3n) is 6.72. The molecule has 3 amide bonds. The Bertz CT molecular complexity index is 797. The number of amides is 3. The number of anilines is 1. The molecule has 2 aliphatic rings. The lowest BCUT2D eigenvalue weighted by atomic mass is 9.96. The van der Waals surface area contributed by atoms with Crippen molar-refractivity contribution in [3.05, 3.63) is 29.8 Å². The maximum atomic E-state index is 12.7. The van der Waals surface area contributed by atoms with E-state index in [-0.39, 0.29) is 36.0 Å². The van der Waals surface area contributed by atoms with E-state index >= 15 is 0 Å². The molecule has 2 fully saturated rings. The van der Waals surface area contributed by atoms with Crippen molar-refractivity contribution in [2.24, 2.45) is 17.6 Å². The van der Waals surface area contributed by atoms with Crippen molar-refractivity contribution in [2.45, 2.75) is 51.9 Å². The third kappa shape index (κ3) is 5.85. The normalized spacial score (nSPS) is 23.0. The molecule has 170 valence electrons. The van der Waals surface area contributed by atoms with Gasteiger partial charge in [0.1, 0.15) is 0 Å². The zero-order valence-corrected chi connectivity index (χ0v) is 18.8. The molecule has 3 unspecified atom stereocenters. The van der Waals surface area contributed by atoms with E-state index in [1.807, 2.05) is 18.2 Å². The number of benzene rings is 1. The highest BCUT2D eigenvalue weighted by Crippen LogP contribution is 2.33. The fraction of sp³-hybridized carbons (Fsp3) is 0.625. The molecule has 7 nitrogen and oxygen atoms in total. The number of piperidine rings is 1. The molecule has 0 spiro atoms. The molecule has 1 aromatic carbocycles. The number of likely N-dealkylation sites (tertiary alicyclic amines) is 1. The fourth-order valence-electron chi connectivity index (χ4n) is 4.64. The predicted octanol–water partition coefficient (Wildman–Crippen LogP) is 2.26. The van der Waals surface area contributed by atoms with Gasteiger partial charge in [0.05, 0.1) is 11.8 Å². The monoisotopic (exact) mass is 428 g/mol. The van der Waals surface area contributed by atoms with E-state index in [1.165, 1.54) is 0 Å². The van der Waals surface area contributed by atoms with Gasteiger partial charge in [-0.25, -0.2) is 0 Å². The molecular formula is C24H36N4O3. The molecule has 0 bridgehead atoms. The van der Waals surface area contributed by atoms with Crippen molar-refractivity contribution >= 4 is 23.4 Å². The fourth-order valence-corrected chi connectivity index (χ4v) is 4.64. The van der Waals surface area contributed by atoms with Gasteiger partial charge < -0.3 is 20.9 Å². The van der Waals surface area contributed by atoms with Gasteiger partial charge in [0.2, 0.25) is 17.7 Å². The Morgan fingerprint density at radius 2 is 2.00 bits per heavy atom. The van der Waals surface area contributed by atoms with Gasteiger partial charge in [-0.3, -0.25) is 14.4 Å². The Hall–Kier alpha value is -2.41. The van der Waals surface area contributed by atoms with E-state index in [0.29, 0.717) is 25.6 Å². The van der Waals surface area contributed by atoms with Crippen LogP contribution in [-0.4, -0.2) is 55.3 Å². The Morgan fingerprint density at radius 1 is 1.23 bits per heavy atom. The van der Waals surface area contributed by atoms with Crippen LogP contribution in [0.15, 0.2) is 24.3 Å². The van der Waals surface area contributed by atoms with Crippen molar-refractivity contribution in [3.63, 3.8) is 0 Å². The molecule has 3 N–H and O–H groups in total. The van der Waals surface area contributed by atoms with Crippen LogP contribution in [-0.2, 0) is 14.4 Å². The minimum Gasteiger partial charge on any atom is -0.369 e. The first kappa shape index (κ1) is 23.3. The molecule has 0 saturated carbocycles. The number of carbonyl (C=O) groups is 3. The summed E-state index contributed by atoms with van der Waals surface area (Å²) in [6.45, 7) is 7.83. The topological polar surface area (TPSA) is 95.7 Å². The summed E-state index contributed by atoms with van der Waals surface area (Å²) in [5, 5.41) is 3.00. The Balaban J connectivity index is 1.47. The number of hydrogen-bond acceptors (Lipinski definition) is 4. The van der Waals surface area contributed by atoms with E-state index in [9.17, 15) is 14.4 Å². The molecule has 2 aliphatic heterocycles. The van der Waals surface area contributed by atoms with Crippen LogP contribution in [0.4, 0.5) is 5.69 Å². The van der Waals surface area contributed by atoms with Crippen LogP contribution in [0.25, 0.3) is 0 Å². The predicted molar refractivity (Wildman–Crippen MR) is 122 cm³/mol. The van der Waals surface area contributed by atoms with E-state index in [4.69, 9.17) is 5.73 Å². The van der Waals surface area contributed by atoms with Gasteiger partial charge in [0.25, 0.3) is 0 Å². The summed E-state index contributed by atoms with van der Waals surface area (Å²) in [5.41, 5.74) is 7.54. The van der Waals surface area contributed by atoms with Crippen LogP contribution in [0.1, 0.15) is 57.4 Å². The summed E-state index contributed by atoms with van der Waals surface area (Å²) in [7, 11) is 0. The summed E-state index contributed by atoms with van der Waals surface area (Å²) in [6.07, 6.45) is 3.93. The van der Waals surface area contributed by atoms with Crippen LogP contribution >= 0.6 is 0 Å². The molecule has 2 saturated heterocycles. The van der Waals surface area contributed by atoms with Gasteiger partial charge in [0.15, 0.2) is 0 Å². The minimum absolute atomic E-state index is 0.0155. The van der Waals surface area contributed by atoms with E-state index in [1.54, 1.807) is 4.90 Å². The van der Waals surface area contributed by atoms with Crippen LogP contribution in [0.3, 0.4) is 0 Å². The molecule has 7 heteroatoms. The lowest BCUT2D eigenvalue weighted by molar-refractivity contribution is -0.126. The second kappa shape index (κ2) is 10.8. The SMILES string of the molecule is CCC(C)c1ccccc1N1CC(C(=O)NCCCN2CCCC(C(N)=O)C2)CC1=O. The van der Waals surface area contributed by atoms with Gasteiger partial charge in [-0.1, -0.05) is 32.0 Å². The Labute approximate surface area is 185 Å². The first-order valence-electron chi connectivity index (χ1n) is 11.6. The summed E-state index contributed by atoms with van der Waals surface area (Å²) in [6, 6.07) is 8.01. The van der Waals surface area contributed by atoms with Crippen molar-refractivity contribution in [3.8, 4) is 0 Å². The largest absolute Gasteiger partial charge is 0.369 e.